The summed E-state index contributed by atoms with van der Waals surface area (Å²) in [6.45, 7) is 0. The van der Waals surface area contributed by atoms with Crippen molar-refractivity contribution in [3.63, 3.8) is 0 Å². The van der Waals surface area contributed by atoms with Gasteiger partial charge in [-0.05, 0) is 30.3 Å². The van der Waals surface area contributed by atoms with Gasteiger partial charge in [-0.15, -0.1) is 0 Å². The van der Waals surface area contributed by atoms with Crippen LogP contribution in [0.25, 0.3) is 0 Å². The minimum Gasteiger partial charge on any atom is -0.465 e. The van der Waals surface area contributed by atoms with Crippen molar-refractivity contribution in [2.24, 2.45) is 0 Å². The van der Waals surface area contributed by atoms with E-state index in [1.807, 2.05) is 0 Å². The van der Waals surface area contributed by atoms with Crippen LogP contribution in [0, 0.1) is 0 Å². The Bertz CT molecular complexity index is 727. The van der Waals surface area contributed by atoms with Crippen LogP contribution < -0.4 is 5.32 Å². The molecule has 1 aromatic carbocycles. The third-order valence-corrected chi connectivity index (χ3v) is 2.86. The van der Waals surface area contributed by atoms with Gasteiger partial charge in [0.05, 0.1) is 18.2 Å². The summed E-state index contributed by atoms with van der Waals surface area (Å²) in [5.41, 5.74) is -0.772. The fourth-order valence-corrected chi connectivity index (χ4v) is 1.74. The molecule has 120 valence electrons. The highest BCUT2D eigenvalue weighted by Crippen LogP contribution is 2.30. The van der Waals surface area contributed by atoms with E-state index in [1.165, 1.54) is 31.4 Å². The Morgan fingerprint density at radius 1 is 1.17 bits per heavy atom. The first-order chi connectivity index (χ1) is 10.8. The molecule has 0 aliphatic carbocycles. The second-order valence-electron chi connectivity index (χ2n) is 4.46. The summed E-state index contributed by atoms with van der Waals surface area (Å²) in [7, 11) is 1.20. The largest absolute Gasteiger partial charge is 0.465 e. The van der Waals surface area contributed by atoms with Gasteiger partial charge in [0.2, 0.25) is 0 Å². The molecular formula is C15H11F3N2O3. The molecule has 8 heteroatoms. The lowest BCUT2D eigenvalue weighted by atomic mass is 10.2. The summed E-state index contributed by atoms with van der Waals surface area (Å²) < 4.78 is 42.3. The molecule has 0 fully saturated rings. The molecule has 1 aromatic heterocycles. The van der Waals surface area contributed by atoms with Crippen molar-refractivity contribution in [2.45, 2.75) is 6.18 Å². The number of methoxy groups -OCH3 is 1. The van der Waals surface area contributed by atoms with Crippen LogP contribution in [0.3, 0.4) is 0 Å². The fourth-order valence-electron chi connectivity index (χ4n) is 1.74. The standard InChI is InChI=1S/C15H11F3N2O3/c1-23-14(22)9-5-6-12(19-8-9)13(21)20-11-4-2-3-10(7-11)15(16,17)18/h2-8H,1H3,(H,20,21). The van der Waals surface area contributed by atoms with Crippen molar-refractivity contribution in [3.05, 3.63) is 59.4 Å². The maximum Gasteiger partial charge on any atom is 0.416 e. The zero-order valence-electron chi connectivity index (χ0n) is 11.8. The number of alkyl halides is 3. The van der Waals surface area contributed by atoms with Gasteiger partial charge in [0.1, 0.15) is 5.69 Å². The molecule has 0 unspecified atom stereocenters. The summed E-state index contributed by atoms with van der Waals surface area (Å²) >= 11 is 0. The minimum atomic E-state index is -4.50. The maximum atomic E-state index is 12.6. The Morgan fingerprint density at radius 3 is 2.48 bits per heavy atom. The van der Waals surface area contributed by atoms with Crippen LogP contribution in [0.1, 0.15) is 26.4 Å². The van der Waals surface area contributed by atoms with E-state index in [4.69, 9.17) is 0 Å². The third-order valence-electron chi connectivity index (χ3n) is 2.86. The maximum absolute atomic E-state index is 12.6. The number of benzene rings is 1. The van der Waals surface area contributed by atoms with E-state index in [-0.39, 0.29) is 16.9 Å². The molecule has 0 atom stereocenters. The van der Waals surface area contributed by atoms with E-state index in [9.17, 15) is 22.8 Å². The lowest BCUT2D eigenvalue weighted by molar-refractivity contribution is -0.137. The number of nitrogens with zero attached hydrogens (tertiary/aromatic N) is 1. The van der Waals surface area contributed by atoms with E-state index in [0.717, 1.165) is 18.3 Å². The number of hydrogen-bond donors (Lipinski definition) is 1. The van der Waals surface area contributed by atoms with Crippen LogP contribution in [-0.4, -0.2) is 24.0 Å². The number of nitrogens with one attached hydrogen (secondary N) is 1. The molecule has 5 nitrogen and oxygen atoms in total. The Labute approximate surface area is 129 Å². The van der Waals surface area contributed by atoms with Gasteiger partial charge in [-0.1, -0.05) is 6.07 Å². The van der Waals surface area contributed by atoms with Crippen LogP contribution in [-0.2, 0) is 10.9 Å². The molecule has 0 bridgehead atoms. The van der Waals surface area contributed by atoms with Crippen molar-refractivity contribution in [2.75, 3.05) is 12.4 Å². The molecule has 0 spiro atoms. The summed E-state index contributed by atoms with van der Waals surface area (Å²) in [5, 5.41) is 2.32. The van der Waals surface area contributed by atoms with Gasteiger partial charge >= 0.3 is 12.1 Å². The van der Waals surface area contributed by atoms with Crippen molar-refractivity contribution >= 4 is 17.6 Å². The van der Waals surface area contributed by atoms with Gasteiger partial charge in [0, 0.05) is 11.9 Å². The number of pyridine rings is 1. The summed E-state index contributed by atoms with van der Waals surface area (Å²) in [4.78, 5) is 27.0. The highest BCUT2D eigenvalue weighted by atomic mass is 19.4. The molecule has 2 aromatic rings. The number of halogens is 3. The lowest BCUT2D eigenvalue weighted by Crippen LogP contribution is -2.15. The van der Waals surface area contributed by atoms with E-state index in [0.29, 0.717) is 0 Å². The smallest absolute Gasteiger partial charge is 0.416 e. The quantitative estimate of drug-likeness (QED) is 0.881. The number of anilines is 1. The van der Waals surface area contributed by atoms with Gasteiger partial charge in [-0.25, -0.2) is 4.79 Å². The van der Waals surface area contributed by atoms with Gasteiger partial charge in [-0.2, -0.15) is 13.2 Å². The van der Waals surface area contributed by atoms with Crippen molar-refractivity contribution in [1.29, 1.82) is 0 Å². The van der Waals surface area contributed by atoms with E-state index < -0.39 is 23.6 Å². The molecule has 2 rings (SSSR count). The molecular weight excluding hydrogens is 313 g/mol. The molecule has 0 saturated carbocycles. The van der Waals surface area contributed by atoms with Crippen LogP contribution in [0.2, 0.25) is 0 Å². The minimum absolute atomic E-state index is 0.0105. The first-order valence-electron chi connectivity index (χ1n) is 6.34. The van der Waals surface area contributed by atoms with Gasteiger partial charge in [0.25, 0.3) is 5.91 Å². The molecule has 1 heterocycles. The predicted molar refractivity (Wildman–Crippen MR) is 75.0 cm³/mol. The number of hydrogen-bond acceptors (Lipinski definition) is 4. The normalized spacial score (nSPS) is 11.0. The zero-order valence-corrected chi connectivity index (χ0v) is 11.8. The monoisotopic (exact) mass is 324 g/mol. The Morgan fingerprint density at radius 2 is 1.91 bits per heavy atom. The number of esters is 1. The number of rotatable bonds is 3. The first-order valence-corrected chi connectivity index (χ1v) is 6.34. The van der Waals surface area contributed by atoms with Crippen LogP contribution in [0.5, 0.6) is 0 Å². The zero-order chi connectivity index (χ0) is 17.0. The number of ether oxygens (including phenoxy) is 1. The molecule has 0 saturated heterocycles. The highest BCUT2D eigenvalue weighted by Gasteiger charge is 2.30. The van der Waals surface area contributed by atoms with Gasteiger partial charge in [0.15, 0.2) is 0 Å². The molecule has 0 radical (unpaired) electrons. The van der Waals surface area contributed by atoms with Crippen molar-refractivity contribution in [3.8, 4) is 0 Å². The van der Waals surface area contributed by atoms with Crippen molar-refractivity contribution < 1.29 is 27.5 Å². The Balaban J connectivity index is 2.15. The second-order valence-corrected chi connectivity index (χ2v) is 4.46. The molecule has 1 amide bonds. The van der Waals surface area contributed by atoms with Crippen molar-refractivity contribution in [1.82, 2.24) is 4.98 Å². The second kappa shape index (κ2) is 6.47. The Hall–Kier alpha value is -2.90. The van der Waals surface area contributed by atoms with Crippen LogP contribution in [0.4, 0.5) is 18.9 Å². The van der Waals surface area contributed by atoms with E-state index >= 15 is 0 Å². The average Bonchev–Trinajstić information content (AvgIpc) is 2.53. The molecule has 1 N–H and O–H groups in total. The number of carbonyl (C=O) groups is 2. The highest BCUT2D eigenvalue weighted by molar-refractivity contribution is 6.03. The summed E-state index contributed by atoms with van der Waals surface area (Å²) in [6, 6.07) is 6.84. The van der Waals surface area contributed by atoms with Gasteiger partial charge in [-0.3, -0.25) is 9.78 Å². The predicted octanol–water partition coefficient (Wildman–Crippen LogP) is 3.14. The molecule has 23 heavy (non-hydrogen) atoms. The average molecular weight is 324 g/mol. The molecule has 0 aliphatic rings. The summed E-state index contributed by atoms with van der Waals surface area (Å²) in [5.74, 6) is -1.30. The SMILES string of the molecule is COC(=O)c1ccc(C(=O)Nc2cccc(C(F)(F)F)c2)nc1. The van der Waals surface area contributed by atoms with E-state index in [1.54, 1.807) is 0 Å². The first kappa shape index (κ1) is 16.5. The third kappa shape index (κ3) is 4.06. The van der Waals surface area contributed by atoms with Crippen LogP contribution >= 0.6 is 0 Å². The Kier molecular flexibility index (Phi) is 4.63. The molecule has 0 aliphatic heterocycles. The summed E-state index contributed by atoms with van der Waals surface area (Å²) in [6.07, 6.45) is -3.35. The number of carbonyl (C=O) groups excluding carboxylic acids is 2. The fraction of sp³-hybridized carbons (Fsp3) is 0.133. The topological polar surface area (TPSA) is 68.3 Å². The number of amides is 1. The number of aromatic nitrogens is 1. The van der Waals surface area contributed by atoms with Gasteiger partial charge < -0.3 is 10.1 Å². The lowest BCUT2D eigenvalue weighted by Gasteiger charge is -2.09. The van der Waals surface area contributed by atoms with E-state index in [2.05, 4.69) is 15.0 Å². The van der Waals surface area contributed by atoms with Crippen LogP contribution in [0.15, 0.2) is 42.6 Å².